The maximum Gasteiger partial charge on any atom is 0.304 e. The number of hydrazine groups is 1. The number of sulfonamides is 1. The van der Waals surface area contributed by atoms with E-state index < -0.39 is 45.9 Å². The van der Waals surface area contributed by atoms with Crippen LogP contribution in [0.2, 0.25) is 0 Å². The second kappa shape index (κ2) is 9.34. The molecule has 1 aliphatic heterocycles. The second-order valence-electron chi connectivity index (χ2n) is 8.00. The standard InChI is InChI=1S/C24H23N3O6S/c1-15(28)33-24-21(23(30)27(24)25)22(29)20(13-16-7-3-2-4-8-16)26-34(31,32)19-12-11-17-9-5-6-10-18(17)14-19/h2-12,14,20-21,24,26H,13,25H2,1H3/t20-,21-,24-/m0/s1. The van der Waals surface area contributed by atoms with Crippen molar-refractivity contribution in [1.82, 2.24) is 9.73 Å². The lowest BCUT2D eigenvalue weighted by atomic mass is 9.87. The number of ether oxygens (including phenoxy) is 1. The topological polar surface area (TPSA) is 136 Å². The maximum absolute atomic E-state index is 13.4. The van der Waals surface area contributed by atoms with Crippen molar-refractivity contribution >= 4 is 38.5 Å². The lowest BCUT2D eigenvalue weighted by Crippen LogP contribution is -2.69. The molecule has 3 atom stereocenters. The average Bonchev–Trinajstić information content (AvgIpc) is 2.83. The first-order valence-electron chi connectivity index (χ1n) is 10.5. The Morgan fingerprint density at radius 2 is 1.68 bits per heavy atom. The van der Waals surface area contributed by atoms with Crippen LogP contribution in [0.3, 0.4) is 0 Å². The number of β-lactam (4-membered cyclic amide) rings is 1. The van der Waals surface area contributed by atoms with E-state index >= 15 is 0 Å². The molecule has 0 unspecified atom stereocenters. The largest absolute Gasteiger partial charge is 0.439 e. The molecule has 0 radical (unpaired) electrons. The summed E-state index contributed by atoms with van der Waals surface area (Å²) in [6, 6.07) is 19.4. The van der Waals surface area contributed by atoms with Crippen LogP contribution in [-0.2, 0) is 35.6 Å². The first kappa shape index (κ1) is 23.6. The van der Waals surface area contributed by atoms with Gasteiger partial charge in [0.1, 0.15) is 0 Å². The van der Waals surface area contributed by atoms with Gasteiger partial charge in [0.2, 0.25) is 16.3 Å². The van der Waals surface area contributed by atoms with Crippen molar-refractivity contribution in [3.63, 3.8) is 0 Å². The predicted molar refractivity (Wildman–Crippen MR) is 123 cm³/mol. The fourth-order valence-corrected chi connectivity index (χ4v) is 5.14. The molecule has 3 aromatic carbocycles. The fraction of sp³-hybridized carbons (Fsp3) is 0.208. The zero-order chi connectivity index (χ0) is 24.5. The smallest absolute Gasteiger partial charge is 0.304 e. The second-order valence-corrected chi connectivity index (χ2v) is 9.71. The van der Waals surface area contributed by atoms with Crippen LogP contribution >= 0.6 is 0 Å². The van der Waals surface area contributed by atoms with Crippen LogP contribution in [0, 0.1) is 5.92 Å². The van der Waals surface area contributed by atoms with Gasteiger partial charge in [-0.05, 0) is 34.9 Å². The fourth-order valence-electron chi connectivity index (χ4n) is 3.90. The first-order valence-corrected chi connectivity index (χ1v) is 12.0. The van der Waals surface area contributed by atoms with E-state index in [2.05, 4.69) is 4.72 Å². The number of hydrogen-bond donors (Lipinski definition) is 2. The average molecular weight is 482 g/mol. The minimum Gasteiger partial charge on any atom is -0.439 e. The van der Waals surface area contributed by atoms with E-state index in [1.54, 1.807) is 48.5 Å². The van der Waals surface area contributed by atoms with E-state index in [0.29, 0.717) is 10.6 Å². The Bertz CT molecular complexity index is 1360. The van der Waals surface area contributed by atoms with Crippen molar-refractivity contribution < 1.29 is 27.5 Å². The summed E-state index contributed by atoms with van der Waals surface area (Å²) in [4.78, 5) is 37.1. The van der Waals surface area contributed by atoms with Crippen molar-refractivity contribution in [2.45, 2.75) is 30.5 Å². The Balaban J connectivity index is 1.66. The van der Waals surface area contributed by atoms with Crippen LogP contribution in [0.5, 0.6) is 0 Å². The van der Waals surface area contributed by atoms with Gasteiger partial charge in [-0.25, -0.2) is 24.0 Å². The SMILES string of the molecule is CC(=O)O[C@H]1[C@@H](C(=O)[C@H](Cc2ccccc2)NS(=O)(=O)c2ccc3ccccc3c2)C(=O)N1N. The van der Waals surface area contributed by atoms with Crippen molar-refractivity contribution in [2.24, 2.45) is 11.8 Å². The molecule has 1 heterocycles. The number of rotatable bonds is 8. The van der Waals surface area contributed by atoms with E-state index in [9.17, 15) is 22.8 Å². The number of esters is 1. The Kier molecular flexibility index (Phi) is 6.47. The Morgan fingerprint density at radius 3 is 2.35 bits per heavy atom. The van der Waals surface area contributed by atoms with Gasteiger partial charge >= 0.3 is 5.97 Å². The quantitative estimate of drug-likeness (QED) is 0.164. The summed E-state index contributed by atoms with van der Waals surface area (Å²) in [5, 5.41) is 2.24. The number of amides is 1. The van der Waals surface area contributed by atoms with E-state index in [4.69, 9.17) is 10.6 Å². The summed E-state index contributed by atoms with van der Waals surface area (Å²) in [5.74, 6) is 1.98. The molecule has 9 nitrogen and oxygen atoms in total. The summed E-state index contributed by atoms with van der Waals surface area (Å²) in [6.45, 7) is 1.13. The third-order valence-electron chi connectivity index (χ3n) is 5.63. The van der Waals surface area contributed by atoms with Crippen LogP contribution in [0.25, 0.3) is 10.8 Å². The number of benzene rings is 3. The zero-order valence-electron chi connectivity index (χ0n) is 18.2. The third-order valence-corrected chi connectivity index (χ3v) is 7.10. The molecule has 4 rings (SSSR count). The van der Waals surface area contributed by atoms with Gasteiger partial charge in [0.25, 0.3) is 5.91 Å². The number of nitrogens with one attached hydrogen (secondary N) is 1. The van der Waals surface area contributed by atoms with E-state index in [-0.39, 0.29) is 11.3 Å². The highest BCUT2D eigenvalue weighted by Crippen LogP contribution is 2.28. The lowest BCUT2D eigenvalue weighted by molar-refractivity contribution is -0.198. The van der Waals surface area contributed by atoms with Gasteiger partial charge in [-0.2, -0.15) is 0 Å². The monoisotopic (exact) mass is 481 g/mol. The number of Topliss-reactive ketones (excluding diaryl/α,β-unsaturated/α-hetero) is 1. The number of hydrogen-bond acceptors (Lipinski definition) is 7. The van der Waals surface area contributed by atoms with Crippen LogP contribution in [0.1, 0.15) is 12.5 Å². The molecule has 0 bridgehead atoms. The molecule has 1 fully saturated rings. The summed E-state index contributed by atoms with van der Waals surface area (Å²) in [7, 11) is -4.14. The molecule has 34 heavy (non-hydrogen) atoms. The number of carbonyl (C=O) groups is 3. The minimum atomic E-state index is -4.14. The first-order chi connectivity index (χ1) is 16.2. The van der Waals surface area contributed by atoms with Gasteiger partial charge in [0.05, 0.1) is 10.9 Å². The van der Waals surface area contributed by atoms with Gasteiger partial charge in [-0.15, -0.1) is 0 Å². The van der Waals surface area contributed by atoms with E-state index in [0.717, 1.165) is 17.7 Å². The van der Waals surface area contributed by atoms with Crippen LogP contribution in [-0.4, -0.2) is 43.4 Å². The van der Waals surface area contributed by atoms with Crippen LogP contribution in [0.4, 0.5) is 0 Å². The number of nitrogens with two attached hydrogens (primary N) is 1. The molecule has 176 valence electrons. The normalized spacial score (nSPS) is 18.9. The van der Waals surface area contributed by atoms with Crippen molar-refractivity contribution in [3.8, 4) is 0 Å². The molecule has 1 saturated heterocycles. The zero-order valence-corrected chi connectivity index (χ0v) is 19.1. The van der Waals surface area contributed by atoms with Crippen LogP contribution in [0.15, 0.2) is 77.7 Å². The molecular weight excluding hydrogens is 458 g/mol. The summed E-state index contributed by atoms with van der Waals surface area (Å²) in [6.07, 6.45) is -1.30. The molecule has 1 aliphatic rings. The lowest BCUT2D eigenvalue weighted by Gasteiger charge is -2.42. The summed E-state index contributed by atoms with van der Waals surface area (Å²) in [5.41, 5.74) is 0.683. The molecule has 0 aliphatic carbocycles. The molecule has 0 saturated carbocycles. The Labute approximate surface area is 196 Å². The number of ketones is 1. The molecule has 10 heteroatoms. The Hall–Kier alpha value is -3.60. The molecule has 0 spiro atoms. The Morgan fingerprint density at radius 1 is 1.03 bits per heavy atom. The van der Waals surface area contributed by atoms with Crippen molar-refractivity contribution in [3.05, 3.63) is 78.4 Å². The van der Waals surface area contributed by atoms with E-state index in [1.807, 2.05) is 12.1 Å². The third kappa shape index (κ3) is 4.69. The maximum atomic E-state index is 13.4. The van der Waals surface area contributed by atoms with Gasteiger partial charge in [-0.3, -0.25) is 14.4 Å². The highest BCUT2D eigenvalue weighted by atomic mass is 32.2. The summed E-state index contributed by atoms with van der Waals surface area (Å²) < 4.78 is 34.0. The van der Waals surface area contributed by atoms with Gasteiger partial charge in [0.15, 0.2) is 11.7 Å². The molecule has 1 amide bonds. The van der Waals surface area contributed by atoms with Gasteiger partial charge < -0.3 is 4.74 Å². The number of carbonyl (C=O) groups excluding carboxylic acids is 3. The molecule has 3 aromatic rings. The van der Waals surface area contributed by atoms with Crippen molar-refractivity contribution in [2.75, 3.05) is 0 Å². The summed E-state index contributed by atoms with van der Waals surface area (Å²) >= 11 is 0. The predicted octanol–water partition coefficient (Wildman–Crippen LogP) is 1.52. The highest BCUT2D eigenvalue weighted by molar-refractivity contribution is 7.89. The molecular formula is C24H23N3O6S. The molecule has 3 N–H and O–H groups in total. The van der Waals surface area contributed by atoms with Gasteiger partial charge in [0, 0.05) is 6.92 Å². The van der Waals surface area contributed by atoms with Crippen LogP contribution < -0.4 is 10.6 Å². The number of nitrogens with zero attached hydrogens (tertiary/aromatic N) is 1. The number of fused-ring (bicyclic) bond motifs is 1. The van der Waals surface area contributed by atoms with E-state index in [1.165, 1.54) is 12.1 Å². The highest BCUT2D eigenvalue weighted by Gasteiger charge is 2.54. The minimum absolute atomic E-state index is 0.00632. The molecule has 0 aromatic heterocycles. The van der Waals surface area contributed by atoms with Gasteiger partial charge in [-0.1, -0.05) is 60.7 Å². The van der Waals surface area contributed by atoms with Crippen molar-refractivity contribution in [1.29, 1.82) is 0 Å².